The van der Waals surface area contributed by atoms with Gasteiger partial charge in [-0.25, -0.2) is 4.39 Å². The third-order valence-corrected chi connectivity index (χ3v) is 6.93. The monoisotopic (exact) mass is 420 g/mol. The molecule has 30 heavy (non-hydrogen) atoms. The van der Waals surface area contributed by atoms with Crippen molar-refractivity contribution in [3.63, 3.8) is 0 Å². The van der Waals surface area contributed by atoms with Gasteiger partial charge in [0.1, 0.15) is 5.82 Å². The van der Waals surface area contributed by atoms with Crippen LogP contribution < -0.4 is 5.32 Å². The van der Waals surface area contributed by atoms with Gasteiger partial charge in [0.2, 0.25) is 5.91 Å². The molecule has 3 aromatic rings. The second kappa shape index (κ2) is 7.36. The number of rotatable bonds is 4. The minimum Gasteiger partial charge on any atom is -0.333 e. The lowest BCUT2D eigenvalue weighted by Gasteiger charge is -2.29. The van der Waals surface area contributed by atoms with E-state index in [-0.39, 0.29) is 17.6 Å². The zero-order valence-electron chi connectivity index (χ0n) is 16.4. The molecule has 152 valence electrons. The Morgan fingerprint density at radius 1 is 1.03 bits per heavy atom. The molecule has 1 fully saturated rings. The SMILES string of the molecule is O=C(c1cccs1)N1CCc2ccc(NC(=O)C3(c4ccc(F)cc4)CC3)cc2C1. The molecule has 2 aromatic carbocycles. The van der Waals surface area contributed by atoms with Crippen molar-refractivity contribution in [3.8, 4) is 0 Å². The average molecular weight is 421 g/mol. The third-order valence-electron chi connectivity index (χ3n) is 6.08. The molecular formula is C24H21FN2O2S. The molecule has 0 unspecified atom stereocenters. The summed E-state index contributed by atoms with van der Waals surface area (Å²) in [6.07, 6.45) is 2.33. The van der Waals surface area contributed by atoms with E-state index in [2.05, 4.69) is 5.32 Å². The fourth-order valence-corrected chi connectivity index (χ4v) is 4.85. The fourth-order valence-electron chi connectivity index (χ4n) is 4.16. The number of thiophene rings is 1. The van der Waals surface area contributed by atoms with Gasteiger partial charge in [0.25, 0.3) is 5.91 Å². The van der Waals surface area contributed by atoms with Crippen molar-refractivity contribution >= 4 is 28.8 Å². The number of fused-ring (bicyclic) bond motifs is 1. The van der Waals surface area contributed by atoms with Crippen molar-refractivity contribution in [2.45, 2.75) is 31.2 Å². The Bertz CT molecular complexity index is 1100. The van der Waals surface area contributed by atoms with E-state index in [1.807, 2.05) is 40.6 Å². The van der Waals surface area contributed by atoms with Crippen molar-refractivity contribution in [1.82, 2.24) is 4.90 Å². The number of benzene rings is 2. The van der Waals surface area contributed by atoms with Gasteiger partial charge >= 0.3 is 0 Å². The highest BCUT2D eigenvalue weighted by Gasteiger charge is 2.51. The highest BCUT2D eigenvalue weighted by Crippen LogP contribution is 2.49. The number of amides is 2. The number of carbonyl (C=O) groups excluding carboxylic acids is 2. The van der Waals surface area contributed by atoms with Gasteiger partial charge in [-0.05, 0) is 71.7 Å². The zero-order chi connectivity index (χ0) is 20.7. The van der Waals surface area contributed by atoms with Crippen molar-refractivity contribution in [2.75, 3.05) is 11.9 Å². The highest BCUT2D eigenvalue weighted by molar-refractivity contribution is 7.12. The Balaban J connectivity index is 1.32. The molecule has 0 radical (unpaired) electrons. The number of hydrogen-bond acceptors (Lipinski definition) is 3. The molecule has 6 heteroatoms. The number of anilines is 1. The highest BCUT2D eigenvalue weighted by atomic mass is 32.1. The Kier molecular flexibility index (Phi) is 4.66. The summed E-state index contributed by atoms with van der Waals surface area (Å²) in [6.45, 7) is 1.24. The van der Waals surface area contributed by atoms with Crippen molar-refractivity contribution in [3.05, 3.63) is 87.4 Å². The van der Waals surface area contributed by atoms with Gasteiger partial charge in [-0.15, -0.1) is 11.3 Å². The van der Waals surface area contributed by atoms with Crippen LogP contribution in [0.1, 0.15) is 39.2 Å². The molecule has 2 aliphatic rings. The molecule has 5 rings (SSSR count). The van der Waals surface area contributed by atoms with Crippen LogP contribution in [-0.4, -0.2) is 23.3 Å². The van der Waals surface area contributed by atoms with Crippen LogP contribution in [0.15, 0.2) is 60.0 Å². The predicted molar refractivity (Wildman–Crippen MR) is 115 cm³/mol. The second-order valence-electron chi connectivity index (χ2n) is 7.98. The smallest absolute Gasteiger partial charge is 0.264 e. The quantitative estimate of drug-likeness (QED) is 0.662. The van der Waals surface area contributed by atoms with E-state index in [1.54, 1.807) is 12.1 Å². The van der Waals surface area contributed by atoms with Crippen LogP contribution in [0.2, 0.25) is 0 Å². The summed E-state index contributed by atoms with van der Waals surface area (Å²) < 4.78 is 13.3. The zero-order valence-corrected chi connectivity index (χ0v) is 17.2. The fraction of sp³-hybridized carbons (Fsp3) is 0.250. The molecule has 0 atom stereocenters. The van der Waals surface area contributed by atoms with E-state index in [1.165, 1.54) is 29.0 Å². The maximum Gasteiger partial charge on any atom is 0.264 e. The Hall–Kier alpha value is -2.99. The van der Waals surface area contributed by atoms with Crippen LogP contribution in [0.3, 0.4) is 0 Å². The van der Waals surface area contributed by atoms with Crippen LogP contribution in [0.25, 0.3) is 0 Å². The predicted octanol–water partition coefficient (Wildman–Crippen LogP) is 4.76. The van der Waals surface area contributed by atoms with Gasteiger partial charge in [0.15, 0.2) is 0 Å². The van der Waals surface area contributed by atoms with E-state index in [0.717, 1.165) is 41.0 Å². The summed E-state index contributed by atoms with van der Waals surface area (Å²) in [4.78, 5) is 28.3. The van der Waals surface area contributed by atoms with E-state index in [4.69, 9.17) is 0 Å². The molecule has 1 aromatic heterocycles. The average Bonchev–Trinajstić information content (AvgIpc) is 3.39. The maximum absolute atomic E-state index is 13.3. The molecule has 1 aliphatic carbocycles. The first kappa shape index (κ1) is 19.0. The van der Waals surface area contributed by atoms with E-state index < -0.39 is 5.41 Å². The van der Waals surface area contributed by atoms with Crippen LogP contribution in [-0.2, 0) is 23.2 Å². The lowest BCUT2D eigenvalue weighted by Crippen LogP contribution is -2.35. The molecule has 1 N–H and O–H groups in total. The lowest BCUT2D eigenvalue weighted by atomic mass is 9.94. The van der Waals surface area contributed by atoms with Gasteiger partial charge < -0.3 is 10.2 Å². The Morgan fingerprint density at radius 2 is 1.83 bits per heavy atom. The molecule has 1 aliphatic heterocycles. The number of nitrogens with one attached hydrogen (secondary N) is 1. The molecule has 0 spiro atoms. The minimum absolute atomic E-state index is 0.0540. The van der Waals surface area contributed by atoms with Gasteiger partial charge in [-0.2, -0.15) is 0 Å². The van der Waals surface area contributed by atoms with Crippen LogP contribution in [0.5, 0.6) is 0 Å². The Labute approximate surface area is 178 Å². The number of nitrogens with zero attached hydrogens (tertiary/aromatic N) is 1. The Morgan fingerprint density at radius 3 is 2.53 bits per heavy atom. The lowest BCUT2D eigenvalue weighted by molar-refractivity contribution is -0.118. The van der Waals surface area contributed by atoms with Crippen molar-refractivity contribution < 1.29 is 14.0 Å². The van der Waals surface area contributed by atoms with Crippen LogP contribution >= 0.6 is 11.3 Å². The summed E-state index contributed by atoms with van der Waals surface area (Å²) in [5.41, 5.74) is 3.30. The van der Waals surface area contributed by atoms with Gasteiger partial charge in [0.05, 0.1) is 10.3 Å². The first-order valence-electron chi connectivity index (χ1n) is 10.1. The molecule has 2 heterocycles. The number of carbonyl (C=O) groups is 2. The molecule has 4 nitrogen and oxygen atoms in total. The van der Waals surface area contributed by atoms with E-state index in [0.29, 0.717) is 13.1 Å². The summed E-state index contributed by atoms with van der Waals surface area (Å²) in [5, 5.41) is 4.96. The molecule has 0 bridgehead atoms. The minimum atomic E-state index is -0.565. The molecule has 1 saturated carbocycles. The largest absolute Gasteiger partial charge is 0.333 e. The van der Waals surface area contributed by atoms with Crippen molar-refractivity contribution in [2.24, 2.45) is 0 Å². The first-order chi connectivity index (χ1) is 14.5. The number of halogens is 1. The summed E-state index contributed by atoms with van der Waals surface area (Å²) in [5.74, 6) is -0.305. The van der Waals surface area contributed by atoms with Crippen LogP contribution in [0, 0.1) is 5.82 Å². The van der Waals surface area contributed by atoms with Crippen LogP contribution in [0.4, 0.5) is 10.1 Å². The summed E-state index contributed by atoms with van der Waals surface area (Å²) >= 11 is 1.45. The molecule has 2 amide bonds. The number of hydrogen-bond donors (Lipinski definition) is 1. The first-order valence-corrected chi connectivity index (χ1v) is 11.0. The standard InChI is InChI=1S/C24H21FN2O2S/c25-19-6-4-18(5-7-19)24(10-11-24)23(29)26-20-8-3-16-9-12-27(15-17(16)14-20)22(28)21-2-1-13-30-21/h1-8,13-14H,9-12,15H2,(H,26,29). The third kappa shape index (κ3) is 3.41. The normalized spacial score (nSPS) is 16.6. The maximum atomic E-state index is 13.3. The van der Waals surface area contributed by atoms with E-state index >= 15 is 0 Å². The second-order valence-corrected chi connectivity index (χ2v) is 8.93. The summed E-state index contributed by atoms with van der Waals surface area (Å²) in [6, 6.07) is 15.9. The summed E-state index contributed by atoms with van der Waals surface area (Å²) in [7, 11) is 0. The molecule has 0 saturated heterocycles. The molecular weight excluding hydrogens is 399 g/mol. The van der Waals surface area contributed by atoms with Gasteiger partial charge in [0, 0.05) is 18.8 Å². The van der Waals surface area contributed by atoms with Crippen molar-refractivity contribution in [1.29, 1.82) is 0 Å². The van der Waals surface area contributed by atoms with Gasteiger partial charge in [-0.3, -0.25) is 9.59 Å². The van der Waals surface area contributed by atoms with Gasteiger partial charge in [-0.1, -0.05) is 24.3 Å². The van der Waals surface area contributed by atoms with E-state index in [9.17, 15) is 14.0 Å². The topological polar surface area (TPSA) is 49.4 Å².